The minimum Gasteiger partial charge on any atom is -0.423 e. The number of halogens is 2. The predicted octanol–water partition coefficient (Wildman–Crippen LogP) is 5.63. The first-order valence-electron chi connectivity index (χ1n) is 9.04. The van der Waals surface area contributed by atoms with Crippen molar-refractivity contribution in [1.29, 1.82) is 0 Å². The van der Waals surface area contributed by atoms with E-state index in [1.165, 1.54) is 36.4 Å². The maximum absolute atomic E-state index is 12.7. The number of benzene rings is 3. The number of anilines is 1. The Hall–Kier alpha value is -3.15. The van der Waals surface area contributed by atoms with E-state index < -0.39 is 17.8 Å². The number of imide groups is 1. The average Bonchev–Trinajstić information content (AvgIpc) is 2.96. The fourth-order valence-electron chi connectivity index (χ4n) is 3.21. The zero-order valence-electron chi connectivity index (χ0n) is 16.0. The minimum atomic E-state index is -0.531. The normalized spacial score (nSPS) is 12.9. The Morgan fingerprint density at radius 1 is 0.867 bits per heavy atom. The molecular weight excluding hydrogens is 425 g/mol. The quantitative estimate of drug-likeness (QED) is 0.301. The Labute approximate surface area is 182 Å². The van der Waals surface area contributed by atoms with Crippen molar-refractivity contribution in [2.24, 2.45) is 0 Å². The van der Waals surface area contributed by atoms with Crippen molar-refractivity contribution in [1.82, 2.24) is 0 Å². The van der Waals surface area contributed by atoms with Crippen molar-refractivity contribution in [2.45, 2.75) is 13.8 Å². The van der Waals surface area contributed by atoms with Crippen molar-refractivity contribution in [3.05, 3.63) is 92.5 Å². The van der Waals surface area contributed by atoms with Gasteiger partial charge < -0.3 is 4.74 Å². The van der Waals surface area contributed by atoms with Crippen LogP contribution in [0.25, 0.3) is 0 Å². The van der Waals surface area contributed by atoms with Gasteiger partial charge in [0.15, 0.2) is 0 Å². The molecule has 0 saturated heterocycles. The van der Waals surface area contributed by atoms with E-state index >= 15 is 0 Å². The van der Waals surface area contributed by atoms with E-state index in [1.807, 2.05) is 26.0 Å². The molecule has 0 N–H and O–H groups in total. The molecule has 3 aromatic carbocycles. The number of rotatable bonds is 3. The van der Waals surface area contributed by atoms with E-state index in [0.717, 1.165) is 16.0 Å². The molecule has 2 amide bonds. The second-order valence-corrected chi connectivity index (χ2v) is 7.71. The highest BCUT2D eigenvalue weighted by atomic mass is 35.5. The molecule has 0 fully saturated rings. The van der Waals surface area contributed by atoms with E-state index in [0.29, 0.717) is 17.0 Å². The third-order valence-corrected chi connectivity index (χ3v) is 5.77. The van der Waals surface area contributed by atoms with Crippen molar-refractivity contribution >= 4 is 46.7 Å². The summed E-state index contributed by atoms with van der Waals surface area (Å²) in [7, 11) is 0. The molecule has 30 heavy (non-hydrogen) atoms. The first kappa shape index (κ1) is 20.1. The average molecular weight is 440 g/mol. The molecule has 0 radical (unpaired) electrons. The molecule has 1 aliphatic heterocycles. The Bertz CT molecular complexity index is 1180. The van der Waals surface area contributed by atoms with Crippen LogP contribution in [0.5, 0.6) is 5.75 Å². The molecule has 0 atom stereocenters. The zero-order chi connectivity index (χ0) is 21.6. The summed E-state index contributed by atoms with van der Waals surface area (Å²) in [5, 5.41) is 0.394. The Morgan fingerprint density at radius 2 is 1.43 bits per heavy atom. The predicted molar refractivity (Wildman–Crippen MR) is 115 cm³/mol. The number of fused-ring (bicyclic) bond motifs is 1. The van der Waals surface area contributed by atoms with Crippen LogP contribution in [0, 0.1) is 13.8 Å². The lowest BCUT2D eigenvalue weighted by atomic mass is 10.1. The standard InChI is InChI=1S/C23H15Cl2NO4/c1-12-4-3-5-20(13(12)2)30-23(29)14-6-8-15(9-7-14)26-21(27)16-10-18(24)19(25)11-17(16)22(26)28/h3-11H,1-2H3. The van der Waals surface area contributed by atoms with Crippen LogP contribution >= 0.6 is 23.2 Å². The van der Waals surface area contributed by atoms with E-state index in [2.05, 4.69) is 0 Å². The second-order valence-electron chi connectivity index (χ2n) is 6.89. The van der Waals surface area contributed by atoms with E-state index in [-0.39, 0.29) is 21.2 Å². The van der Waals surface area contributed by atoms with Crippen molar-refractivity contribution < 1.29 is 19.1 Å². The summed E-state index contributed by atoms with van der Waals surface area (Å²) >= 11 is 12.0. The molecule has 5 nitrogen and oxygen atoms in total. The van der Waals surface area contributed by atoms with Gasteiger partial charge in [-0.3, -0.25) is 9.59 Å². The van der Waals surface area contributed by atoms with Gasteiger partial charge in [-0.1, -0.05) is 35.3 Å². The van der Waals surface area contributed by atoms with Crippen LogP contribution in [-0.4, -0.2) is 17.8 Å². The molecule has 0 bridgehead atoms. The van der Waals surface area contributed by atoms with Gasteiger partial charge in [-0.05, 0) is 67.4 Å². The summed E-state index contributed by atoms with van der Waals surface area (Å²) in [6.45, 7) is 3.81. The summed E-state index contributed by atoms with van der Waals surface area (Å²) in [5.74, 6) is -1.05. The van der Waals surface area contributed by atoms with Crippen LogP contribution in [0.3, 0.4) is 0 Å². The van der Waals surface area contributed by atoms with Gasteiger partial charge in [-0.2, -0.15) is 0 Å². The van der Waals surface area contributed by atoms with E-state index in [4.69, 9.17) is 27.9 Å². The van der Waals surface area contributed by atoms with Gasteiger partial charge >= 0.3 is 5.97 Å². The summed E-state index contributed by atoms with van der Waals surface area (Å²) in [4.78, 5) is 38.9. The third-order valence-electron chi connectivity index (χ3n) is 5.05. The largest absolute Gasteiger partial charge is 0.423 e. The molecule has 3 aromatic rings. The summed E-state index contributed by atoms with van der Waals surface area (Å²) in [6, 6.07) is 14.3. The van der Waals surface area contributed by atoms with Gasteiger partial charge in [0.25, 0.3) is 11.8 Å². The molecule has 0 aliphatic carbocycles. The van der Waals surface area contributed by atoms with E-state index in [1.54, 1.807) is 6.07 Å². The van der Waals surface area contributed by atoms with Crippen LogP contribution in [0.15, 0.2) is 54.6 Å². The molecule has 0 spiro atoms. The fraction of sp³-hybridized carbons (Fsp3) is 0.0870. The number of hydrogen-bond donors (Lipinski definition) is 0. The minimum absolute atomic E-state index is 0.188. The van der Waals surface area contributed by atoms with Crippen LogP contribution < -0.4 is 9.64 Å². The molecule has 150 valence electrons. The molecule has 4 rings (SSSR count). The lowest BCUT2D eigenvalue weighted by Gasteiger charge is -2.14. The van der Waals surface area contributed by atoms with Crippen LogP contribution in [0.4, 0.5) is 5.69 Å². The van der Waals surface area contributed by atoms with Gasteiger partial charge in [0.1, 0.15) is 5.75 Å². The van der Waals surface area contributed by atoms with Crippen LogP contribution in [0.1, 0.15) is 42.2 Å². The fourth-order valence-corrected chi connectivity index (χ4v) is 3.54. The lowest BCUT2D eigenvalue weighted by molar-refractivity contribution is 0.0733. The molecule has 0 aromatic heterocycles. The molecule has 0 unspecified atom stereocenters. The number of aryl methyl sites for hydroxylation is 1. The number of nitrogens with zero attached hydrogens (tertiary/aromatic N) is 1. The number of carbonyl (C=O) groups is 3. The highest BCUT2D eigenvalue weighted by molar-refractivity contribution is 6.44. The molecule has 0 saturated carbocycles. The monoisotopic (exact) mass is 439 g/mol. The van der Waals surface area contributed by atoms with Crippen LogP contribution in [0.2, 0.25) is 10.0 Å². The van der Waals surface area contributed by atoms with Crippen molar-refractivity contribution in [3.63, 3.8) is 0 Å². The van der Waals surface area contributed by atoms with Gasteiger partial charge in [0.05, 0.1) is 32.4 Å². The van der Waals surface area contributed by atoms with Gasteiger partial charge in [-0.25, -0.2) is 9.69 Å². The van der Waals surface area contributed by atoms with Crippen molar-refractivity contribution in [2.75, 3.05) is 4.90 Å². The number of ether oxygens (including phenoxy) is 1. The summed E-state index contributed by atoms with van der Waals surface area (Å²) < 4.78 is 5.48. The highest BCUT2D eigenvalue weighted by Crippen LogP contribution is 2.34. The SMILES string of the molecule is Cc1cccc(OC(=O)c2ccc(N3C(=O)c4cc(Cl)c(Cl)cc4C3=O)cc2)c1C. The van der Waals surface area contributed by atoms with Gasteiger partial charge in [-0.15, -0.1) is 0 Å². The maximum Gasteiger partial charge on any atom is 0.343 e. The number of esters is 1. The van der Waals surface area contributed by atoms with Gasteiger partial charge in [0.2, 0.25) is 0 Å². The summed E-state index contributed by atoms with van der Waals surface area (Å²) in [6.07, 6.45) is 0. The maximum atomic E-state index is 12.7. The number of carbonyl (C=O) groups excluding carboxylic acids is 3. The zero-order valence-corrected chi connectivity index (χ0v) is 17.5. The van der Waals surface area contributed by atoms with Crippen molar-refractivity contribution in [3.8, 4) is 5.75 Å². The molecule has 1 heterocycles. The Kier molecular flexibility index (Phi) is 5.10. The Balaban J connectivity index is 1.58. The Morgan fingerprint density at radius 3 is 2.00 bits per heavy atom. The lowest BCUT2D eigenvalue weighted by Crippen LogP contribution is -2.29. The number of hydrogen-bond acceptors (Lipinski definition) is 4. The van der Waals surface area contributed by atoms with Crippen LogP contribution in [-0.2, 0) is 0 Å². The smallest absolute Gasteiger partial charge is 0.343 e. The second kappa shape index (κ2) is 7.59. The van der Waals surface area contributed by atoms with E-state index in [9.17, 15) is 14.4 Å². The topological polar surface area (TPSA) is 63.7 Å². The number of amides is 2. The van der Waals surface area contributed by atoms with Gasteiger partial charge in [0, 0.05) is 0 Å². The first-order chi connectivity index (χ1) is 14.3. The molecule has 7 heteroatoms. The molecular formula is C23H15Cl2NO4. The summed E-state index contributed by atoms with van der Waals surface area (Å²) in [5.41, 5.74) is 2.90. The third kappa shape index (κ3) is 3.36. The first-order valence-corrected chi connectivity index (χ1v) is 9.80. The highest BCUT2D eigenvalue weighted by Gasteiger charge is 2.37. The molecule has 1 aliphatic rings.